The Morgan fingerprint density at radius 3 is 2.82 bits per heavy atom. The molecule has 2 saturated heterocycles. The zero-order valence-electron chi connectivity index (χ0n) is 19.0. The second kappa shape index (κ2) is 9.10. The van der Waals surface area contributed by atoms with Crippen molar-refractivity contribution in [1.29, 1.82) is 0 Å². The molecule has 8 nitrogen and oxygen atoms in total. The molecule has 2 amide bonds. The second-order valence-electron chi connectivity index (χ2n) is 9.03. The van der Waals surface area contributed by atoms with Crippen molar-refractivity contribution in [2.45, 2.75) is 49.6 Å². The van der Waals surface area contributed by atoms with Crippen LogP contribution in [0.4, 0.5) is 8.28 Å². The average molecular weight is 495 g/mol. The molecule has 184 valence electrons. The second-order valence-corrected chi connectivity index (χ2v) is 10.4. The molecule has 3 aliphatic rings. The summed E-state index contributed by atoms with van der Waals surface area (Å²) in [5.74, 6) is -1.42. The minimum absolute atomic E-state index is 0.0284. The van der Waals surface area contributed by atoms with Crippen LogP contribution in [0.2, 0.25) is 0 Å². The van der Waals surface area contributed by atoms with E-state index in [0.717, 1.165) is 12.1 Å². The van der Waals surface area contributed by atoms with E-state index in [1.165, 1.54) is 18.2 Å². The molecule has 2 aliphatic heterocycles. The SMILES string of the molecule is CCNC1=C2NC(=O)C(C)(N3CCC[C@@H](NC(=O)c4cccc(S(=O)(=O)F)c4)C3)C2CC(F)=C1. The quantitative estimate of drug-likeness (QED) is 0.523. The molecule has 4 rings (SSSR count). The summed E-state index contributed by atoms with van der Waals surface area (Å²) in [6, 6.07) is 4.47. The number of carbonyl (C=O) groups excluding carboxylic acids is 2. The van der Waals surface area contributed by atoms with E-state index in [0.29, 0.717) is 43.9 Å². The number of carbonyl (C=O) groups is 2. The van der Waals surface area contributed by atoms with Crippen LogP contribution in [-0.2, 0) is 15.0 Å². The van der Waals surface area contributed by atoms with Gasteiger partial charge in [-0.25, -0.2) is 4.39 Å². The normalized spacial score (nSPS) is 27.6. The molecule has 2 heterocycles. The first-order chi connectivity index (χ1) is 16.0. The van der Waals surface area contributed by atoms with Crippen molar-refractivity contribution in [2.24, 2.45) is 5.92 Å². The number of likely N-dealkylation sites (tertiary alicyclic amines) is 1. The molecule has 0 radical (unpaired) electrons. The number of piperidine rings is 1. The number of allylic oxidation sites excluding steroid dienone is 2. The van der Waals surface area contributed by atoms with E-state index in [1.807, 2.05) is 18.7 Å². The molecule has 34 heavy (non-hydrogen) atoms. The zero-order valence-corrected chi connectivity index (χ0v) is 19.8. The van der Waals surface area contributed by atoms with Crippen molar-refractivity contribution in [2.75, 3.05) is 19.6 Å². The Bertz CT molecular complexity index is 1180. The molecule has 0 bridgehead atoms. The predicted octanol–water partition coefficient (Wildman–Crippen LogP) is 2.12. The van der Waals surface area contributed by atoms with Gasteiger partial charge in [0.05, 0.1) is 10.6 Å². The van der Waals surface area contributed by atoms with Crippen LogP contribution >= 0.6 is 0 Å². The van der Waals surface area contributed by atoms with Crippen LogP contribution < -0.4 is 16.0 Å². The number of halogens is 2. The van der Waals surface area contributed by atoms with Crippen molar-refractivity contribution in [3.63, 3.8) is 0 Å². The number of nitrogens with one attached hydrogen (secondary N) is 3. The van der Waals surface area contributed by atoms with Crippen LogP contribution in [0.25, 0.3) is 0 Å². The van der Waals surface area contributed by atoms with Gasteiger partial charge in [0.1, 0.15) is 11.4 Å². The lowest BCUT2D eigenvalue weighted by Crippen LogP contribution is -2.61. The van der Waals surface area contributed by atoms with Crippen LogP contribution in [0, 0.1) is 5.92 Å². The Hall–Kier alpha value is -2.79. The molecule has 1 aliphatic carbocycles. The van der Waals surface area contributed by atoms with E-state index in [1.54, 1.807) is 0 Å². The van der Waals surface area contributed by atoms with Crippen LogP contribution in [0.3, 0.4) is 0 Å². The van der Waals surface area contributed by atoms with Gasteiger partial charge in [0.25, 0.3) is 5.91 Å². The first-order valence-corrected chi connectivity index (χ1v) is 12.7. The van der Waals surface area contributed by atoms with E-state index in [2.05, 4.69) is 16.0 Å². The van der Waals surface area contributed by atoms with Gasteiger partial charge in [-0.2, -0.15) is 8.42 Å². The van der Waals surface area contributed by atoms with Crippen molar-refractivity contribution in [1.82, 2.24) is 20.9 Å². The van der Waals surface area contributed by atoms with Crippen LogP contribution in [0.15, 0.2) is 52.5 Å². The summed E-state index contributed by atoms with van der Waals surface area (Å²) in [4.78, 5) is 27.3. The molecule has 0 saturated carbocycles. The molecular formula is C23H28F2N4O4S. The number of amides is 2. The number of likely N-dealkylation sites (N-methyl/N-ethyl adjacent to an activating group) is 1. The predicted molar refractivity (Wildman–Crippen MR) is 121 cm³/mol. The number of hydrogen-bond donors (Lipinski definition) is 3. The van der Waals surface area contributed by atoms with Crippen molar-refractivity contribution in [3.05, 3.63) is 53.1 Å². The van der Waals surface area contributed by atoms with Crippen molar-refractivity contribution >= 4 is 22.0 Å². The van der Waals surface area contributed by atoms with Crippen molar-refractivity contribution in [3.8, 4) is 0 Å². The topological polar surface area (TPSA) is 108 Å². The summed E-state index contributed by atoms with van der Waals surface area (Å²) in [5.41, 5.74) is 0.303. The number of fused-ring (bicyclic) bond motifs is 1. The fourth-order valence-corrected chi connectivity index (χ4v) is 5.60. The third-order valence-electron chi connectivity index (χ3n) is 6.88. The van der Waals surface area contributed by atoms with Gasteiger partial charge in [-0.05, 0) is 57.5 Å². The summed E-state index contributed by atoms with van der Waals surface area (Å²) in [7, 11) is -4.93. The van der Waals surface area contributed by atoms with Gasteiger partial charge in [-0.3, -0.25) is 14.5 Å². The first-order valence-electron chi connectivity index (χ1n) is 11.3. The Labute approximate surface area is 197 Å². The van der Waals surface area contributed by atoms with Gasteiger partial charge in [0.2, 0.25) is 5.91 Å². The molecule has 3 atom stereocenters. The molecular weight excluding hydrogens is 466 g/mol. The van der Waals surface area contributed by atoms with E-state index in [-0.39, 0.29) is 35.7 Å². The maximum Gasteiger partial charge on any atom is 0.332 e. The van der Waals surface area contributed by atoms with Crippen LogP contribution in [-0.4, -0.2) is 56.3 Å². The summed E-state index contributed by atoms with van der Waals surface area (Å²) in [5, 5.41) is 8.94. The fraction of sp³-hybridized carbons (Fsp3) is 0.478. The van der Waals surface area contributed by atoms with E-state index in [9.17, 15) is 26.3 Å². The van der Waals surface area contributed by atoms with Crippen molar-refractivity contribution < 1.29 is 26.3 Å². The lowest BCUT2D eigenvalue weighted by atomic mass is 9.78. The molecule has 0 spiro atoms. The average Bonchev–Trinajstić information content (AvgIpc) is 3.05. The minimum Gasteiger partial charge on any atom is -0.384 e. The highest BCUT2D eigenvalue weighted by molar-refractivity contribution is 7.86. The Morgan fingerprint density at radius 2 is 2.12 bits per heavy atom. The number of nitrogens with zero attached hydrogens (tertiary/aromatic N) is 1. The maximum absolute atomic E-state index is 14.5. The zero-order chi connectivity index (χ0) is 24.7. The van der Waals surface area contributed by atoms with Crippen LogP contribution in [0.1, 0.15) is 43.5 Å². The standard InChI is InChI=1S/C23H28F2N4O4S/c1-3-26-19-12-15(24)11-18-20(19)28-22(31)23(18,2)29-9-5-7-16(13-29)27-21(30)14-6-4-8-17(10-14)34(25,32)33/h4,6,8,10,12,16,18,26H,3,5,7,9,11,13H2,1-2H3,(H,27,30)(H,28,31)/t16-,18?,23?/m1/s1. The van der Waals surface area contributed by atoms with E-state index >= 15 is 0 Å². The molecule has 1 aromatic rings. The maximum atomic E-state index is 14.5. The third kappa shape index (κ3) is 4.46. The summed E-state index contributed by atoms with van der Waals surface area (Å²) < 4.78 is 50.2. The largest absolute Gasteiger partial charge is 0.384 e. The highest BCUT2D eigenvalue weighted by atomic mass is 32.3. The number of hydrogen-bond acceptors (Lipinski definition) is 6. The van der Waals surface area contributed by atoms with E-state index in [4.69, 9.17) is 0 Å². The van der Waals surface area contributed by atoms with Gasteiger partial charge < -0.3 is 16.0 Å². The molecule has 2 fully saturated rings. The van der Waals surface area contributed by atoms with Crippen LogP contribution in [0.5, 0.6) is 0 Å². The Kier molecular flexibility index (Phi) is 6.52. The highest BCUT2D eigenvalue weighted by Crippen LogP contribution is 2.44. The Morgan fingerprint density at radius 1 is 1.35 bits per heavy atom. The van der Waals surface area contributed by atoms with E-state index < -0.39 is 26.6 Å². The molecule has 3 N–H and O–H groups in total. The third-order valence-corrected chi connectivity index (χ3v) is 7.70. The first kappa shape index (κ1) is 24.3. The van der Waals surface area contributed by atoms with Gasteiger partial charge in [-0.15, -0.1) is 3.89 Å². The summed E-state index contributed by atoms with van der Waals surface area (Å²) in [6.07, 6.45) is 2.89. The van der Waals surface area contributed by atoms with Gasteiger partial charge in [-0.1, -0.05) is 6.07 Å². The molecule has 0 aromatic heterocycles. The minimum atomic E-state index is -4.93. The molecule has 1 aromatic carbocycles. The molecule has 2 unspecified atom stereocenters. The van der Waals surface area contributed by atoms with Gasteiger partial charge in [0.15, 0.2) is 0 Å². The highest BCUT2D eigenvalue weighted by Gasteiger charge is 2.55. The number of benzene rings is 1. The fourth-order valence-electron chi connectivity index (χ4n) is 5.09. The summed E-state index contributed by atoms with van der Waals surface area (Å²) >= 11 is 0. The summed E-state index contributed by atoms with van der Waals surface area (Å²) in [6.45, 7) is 5.27. The number of rotatable bonds is 6. The van der Waals surface area contributed by atoms with Gasteiger partial charge in [0, 0.05) is 42.7 Å². The lowest BCUT2D eigenvalue weighted by Gasteiger charge is -2.45. The molecule has 11 heteroatoms. The monoisotopic (exact) mass is 494 g/mol. The smallest absolute Gasteiger partial charge is 0.332 e. The lowest BCUT2D eigenvalue weighted by molar-refractivity contribution is -0.131. The van der Waals surface area contributed by atoms with Gasteiger partial charge >= 0.3 is 10.2 Å². The Balaban J connectivity index is 1.52.